The molecule has 2 heterocycles. The van der Waals surface area contributed by atoms with Gasteiger partial charge < -0.3 is 5.32 Å². The molecule has 1 aromatic heterocycles. The van der Waals surface area contributed by atoms with Crippen molar-refractivity contribution in [3.05, 3.63) is 35.4 Å². The highest BCUT2D eigenvalue weighted by Crippen LogP contribution is 2.29. The van der Waals surface area contributed by atoms with E-state index in [2.05, 4.69) is 39.9 Å². The van der Waals surface area contributed by atoms with Crippen LogP contribution in [0, 0.1) is 6.92 Å². The number of benzene rings is 1. The van der Waals surface area contributed by atoms with E-state index in [1.807, 2.05) is 12.1 Å². The lowest BCUT2D eigenvalue weighted by molar-refractivity contribution is -0.122. The number of carbonyl (C=O) groups excluding carboxylic acids is 3. The van der Waals surface area contributed by atoms with Crippen LogP contribution < -0.4 is 10.6 Å². The van der Waals surface area contributed by atoms with Gasteiger partial charge in [0.2, 0.25) is 16.9 Å². The van der Waals surface area contributed by atoms with E-state index in [0.717, 1.165) is 21.9 Å². The maximum Gasteiger partial charge on any atom is 0.286 e. The molecule has 1 aromatic carbocycles. The quantitative estimate of drug-likeness (QED) is 0.574. The standard InChI is InChI=1S/C15H14N4O3S3/c1-8-4-2-3-5-9(8)7-23-15-19-18-13(25-15)16-11(20)6-10-12(21)17-14(22)24-10/h2-5,10H,6-7H2,1H3,(H,16,18,20)(H,17,21,22). The highest BCUT2D eigenvalue weighted by Gasteiger charge is 2.33. The summed E-state index contributed by atoms with van der Waals surface area (Å²) in [6.45, 7) is 2.06. The third-order valence-corrected chi connectivity index (χ3v) is 6.41. The smallest absolute Gasteiger partial charge is 0.286 e. The third kappa shape index (κ3) is 4.80. The van der Waals surface area contributed by atoms with E-state index in [1.54, 1.807) is 11.8 Å². The average Bonchev–Trinajstić information content (AvgIpc) is 3.13. The number of imide groups is 1. The largest absolute Gasteiger partial charge is 0.300 e. The molecule has 0 spiro atoms. The van der Waals surface area contributed by atoms with Crippen molar-refractivity contribution in [3.63, 3.8) is 0 Å². The van der Waals surface area contributed by atoms with Crippen LogP contribution in [-0.4, -0.2) is 32.5 Å². The molecule has 0 radical (unpaired) electrons. The molecule has 2 N–H and O–H groups in total. The van der Waals surface area contributed by atoms with E-state index in [4.69, 9.17) is 0 Å². The first-order chi connectivity index (χ1) is 12.0. The zero-order valence-corrected chi connectivity index (χ0v) is 15.6. The van der Waals surface area contributed by atoms with Gasteiger partial charge in [0.1, 0.15) is 5.25 Å². The fourth-order valence-corrected chi connectivity index (χ4v) is 4.76. The molecular weight excluding hydrogens is 380 g/mol. The normalized spacial score (nSPS) is 16.8. The van der Waals surface area contributed by atoms with Crippen molar-refractivity contribution in [2.75, 3.05) is 5.32 Å². The molecular formula is C15H14N4O3S3. The Morgan fingerprint density at radius 3 is 2.84 bits per heavy atom. The van der Waals surface area contributed by atoms with Crippen molar-refractivity contribution in [1.82, 2.24) is 15.5 Å². The van der Waals surface area contributed by atoms with Gasteiger partial charge in [0.05, 0.1) is 0 Å². The molecule has 10 heteroatoms. The lowest BCUT2D eigenvalue weighted by Crippen LogP contribution is -2.27. The Morgan fingerprint density at radius 2 is 2.12 bits per heavy atom. The van der Waals surface area contributed by atoms with E-state index in [-0.39, 0.29) is 12.3 Å². The Bertz CT molecular complexity index is 824. The number of anilines is 1. The van der Waals surface area contributed by atoms with Crippen molar-refractivity contribution < 1.29 is 14.4 Å². The highest BCUT2D eigenvalue weighted by molar-refractivity contribution is 8.15. The first kappa shape index (κ1) is 17.9. The SMILES string of the molecule is Cc1ccccc1CSc1nnc(NC(=O)CC2SC(=O)NC2=O)s1. The molecule has 130 valence electrons. The summed E-state index contributed by atoms with van der Waals surface area (Å²) in [5.41, 5.74) is 2.44. The second-order valence-electron chi connectivity index (χ2n) is 5.22. The fourth-order valence-electron chi connectivity index (χ4n) is 2.10. The van der Waals surface area contributed by atoms with Crippen LogP contribution in [-0.2, 0) is 15.3 Å². The molecule has 1 unspecified atom stereocenters. The van der Waals surface area contributed by atoms with E-state index in [0.29, 0.717) is 5.13 Å². The molecule has 0 aliphatic carbocycles. The molecule has 1 aliphatic rings. The number of carbonyl (C=O) groups is 3. The number of rotatable bonds is 6. The minimum atomic E-state index is -0.685. The Morgan fingerprint density at radius 1 is 1.32 bits per heavy atom. The van der Waals surface area contributed by atoms with Crippen LogP contribution in [0.1, 0.15) is 17.5 Å². The van der Waals surface area contributed by atoms with Crippen molar-refractivity contribution in [2.45, 2.75) is 28.7 Å². The summed E-state index contributed by atoms with van der Waals surface area (Å²) in [5, 5.41) is 12.0. The van der Waals surface area contributed by atoms with Crippen LogP contribution in [0.3, 0.4) is 0 Å². The van der Waals surface area contributed by atoms with Gasteiger partial charge in [0, 0.05) is 12.2 Å². The summed E-state index contributed by atoms with van der Waals surface area (Å²) in [5.74, 6) is -0.0261. The summed E-state index contributed by atoms with van der Waals surface area (Å²) < 4.78 is 0.752. The van der Waals surface area contributed by atoms with Crippen LogP contribution in [0.2, 0.25) is 0 Å². The van der Waals surface area contributed by atoms with Gasteiger partial charge in [-0.3, -0.25) is 19.7 Å². The Labute approximate surface area is 156 Å². The Hall–Kier alpha value is -1.91. The summed E-state index contributed by atoms with van der Waals surface area (Å²) in [6, 6.07) is 8.12. The molecule has 1 atom stereocenters. The van der Waals surface area contributed by atoms with Crippen molar-refractivity contribution in [3.8, 4) is 0 Å². The monoisotopic (exact) mass is 394 g/mol. The van der Waals surface area contributed by atoms with Gasteiger partial charge in [-0.05, 0) is 18.1 Å². The fraction of sp³-hybridized carbons (Fsp3) is 0.267. The maximum atomic E-state index is 12.0. The van der Waals surface area contributed by atoms with E-state index >= 15 is 0 Å². The molecule has 7 nitrogen and oxygen atoms in total. The molecule has 0 bridgehead atoms. The lowest BCUT2D eigenvalue weighted by atomic mass is 10.1. The van der Waals surface area contributed by atoms with Gasteiger partial charge in [-0.15, -0.1) is 10.2 Å². The number of aryl methyl sites for hydroxylation is 1. The number of nitrogens with zero attached hydrogens (tertiary/aromatic N) is 2. The zero-order chi connectivity index (χ0) is 17.8. The van der Waals surface area contributed by atoms with Gasteiger partial charge in [-0.2, -0.15) is 0 Å². The summed E-state index contributed by atoms with van der Waals surface area (Å²) >= 11 is 3.66. The van der Waals surface area contributed by atoms with E-state index in [9.17, 15) is 14.4 Å². The first-order valence-electron chi connectivity index (χ1n) is 7.33. The second-order valence-corrected chi connectivity index (χ2v) is 8.60. The van der Waals surface area contributed by atoms with Crippen LogP contribution in [0.4, 0.5) is 9.93 Å². The highest BCUT2D eigenvalue weighted by atomic mass is 32.2. The van der Waals surface area contributed by atoms with E-state index in [1.165, 1.54) is 22.5 Å². The van der Waals surface area contributed by atoms with Gasteiger partial charge >= 0.3 is 0 Å². The minimum Gasteiger partial charge on any atom is -0.300 e. The predicted octanol–water partition coefficient (Wildman–Crippen LogP) is 2.82. The number of thioether (sulfide) groups is 2. The van der Waals surface area contributed by atoms with E-state index < -0.39 is 16.4 Å². The van der Waals surface area contributed by atoms with Crippen molar-refractivity contribution >= 4 is 57.0 Å². The molecule has 1 fully saturated rings. The van der Waals surface area contributed by atoms with Crippen molar-refractivity contribution in [2.24, 2.45) is 0 Å². The van der Waals surface area contributed by atoms with Crippen molar-refractivity contribution in [1.29, 1.82) is 0 Å². The maximum absolute atomic E-state index is 12.0. The van der Waals surface area contributed by atoms with Crippen LogP contribution >= 0.6 is 34.9 Å². The molecule has 1 saturated heterocycles. The van der Waals surface area contributed by atoms with Gasteiger partial charge in [0.25, 0.3) is 5.24 Å². The number of hydrogen-bond acceptors (Lipinski definition) is 8. The summed E-state index contributed by atoms with van der Waals surface area (Å²) in [6.07, 6.45) is -0.0759. The van der Waals surface area contributed by atoms with Crippen LogP contribution in [0.5, 0.6) is 0 Å². The minimum absolute atomic E-state index is 0.0759. The topological polar surface area (TPSA) is 101 Å². The second kappa shape index (κ2) is 7.98. The van der Waals surface area contributed by atoms with Crippen LogP contribution in [0.25, 0.3) is 0 Å². The number of nitrogens with one attached hydrogen (secondary N) is 2. The van der Waals surface area contributed by atoms with Gasteiger partial charge in [0.15, 0.2) is 4.34 Å². The molecule has 25 heavy (non-hydrogen) atoms. The number of hydrogen-bond donors (Lipinski definition) is 2. The predicted molar refractivity (Wildman–Crippen MR) is 98.8 cm³/mol. The van der Waals surface area contributed by atoms with Gasteiger partial charge in [-0.25, -0.2) is 0 Å². The van der Waals surface area contributed by atoms with Gasteiger partial charge in [-0.1, -0.05) is 59.1 Å². The third-order valence-electron chi connectivity index (χ3n) is 3.40. The summed E-state index contributed by atoms with van der Waals surface area (Å²) in [7, 11) is 0. The first-order valence-corrected chi connectivity index (χ1v) is 10.0. The number of amides is 3. The molecule has 3 amide bonds. The Kier molecular flexibility index (Phi) is 5.71. The van der Waals surface area contributed by atoms with Crippen LogP contribution in [0.15, 0.2) is 28.6 Å². The molecule has 0 saturated carbocycles. The average molecular weight is 395 g/mol. The zero-order valence-electron chi connectivity index (χ0n) is 13.1. The number of aromatic nitrogens is 2. The molecule has 1 aliphatic heterocycles. The lowest BCUT2D eigenvalue weighted by Gasteiger charge is -2.04. The Balaban J connectivity index is 1.51. The summed E-state index contributed by atoms with van der Waals surface area (Å²) in [4.78, 5) is 34.5. The molecule has 3 rings (SSSR count). The molecule has 2 aromatic rings.